The Morgan fingerprint density at radius 3 is 1.56 bits per heavy atom. The third-order valence-electron chi connectivity index (χ3n) is 9.62. The first-order chi connectivity index (χ1) is 21.7. The quantitative estimate of drug-likeness (QED) is 0.316. The van der Waals surface area contributed by atoms with E-state index in [-0.39, 0.29) is 31.4 Å². The molecule has 0 saturated carbocycles. The van der Waals surface area contributed by atoms with Crippen LogP contribution in [0.5, 0.6) is 0 Å². The van der Waals surface area contributed by atoms with E-state index in [2.05, 4.69) is 21.3 Å². The smallest absolute Gasteiger partial charge is 0.328 e. The fourth-order valence-corrected chi connectivity index (χ4v) is 6.97. The van der Waals surface area contributed by atoms with Gasteiger partial charge in [0.25, 0.3) is 0 Å². The zero-order chi connectivity index (χ0) is 31.6. The minimum atomic E-state index is -1.35. The Labute approximate surface area is 260 Å². The molecule has 238 valence electrons. The highest BCUT2D eigenvalue weighted by Crippen LogP contribution is 2.37. The van der Waals surface area contributed by atoms with Gasteiger partial charge in [-0.2, -0.15) is 0 Å². The van der Waals surface area contributed by atoms with E-state index in [1.165, 1.54) is 4.90 Å². The number of nitrogens with one attached hydrogen (secondary N) is 4. The van der Waals surface area contributed by atoms with Gasteiger partial charge in [0.1, 0.15) is 17.1 Å². The van der Waals surface area contributed by atoms with Crippen molar-refractivity contribution in [3.63, 3.8) is 0 Å². The van der Waals surface area contributed by atoms with Crippen molar-refractivity contribution in [1.29, 1.82) is 0 Å². The summed E-state index contributed by atoms with van der Waals surface area (Å²) >= 11 is 0. The van der Waals surface area contributed by atoms with Gasteiger partial charge in [-0.15, -0.1) is 0 Å². The average molecular weight is 619 g/mol. The first-order valence-electron chi connectivity index (χ1n) is 15.3. The normalized spacial score (nSPS) is 21.0. The molecular formula is C31H38N8O6. The number of carbonyl (C=O) groups is 5. The SMILES string of the molecule is O=C(O)C(CNC(=O)N1CCC2(CC1)C(=O)NCN2c1ccccc1)NC(=O)N1CCC2(CC1)C(=O)NCN2c1ccccc1. The number of aliphatic carboxylic acids is 1. The molecule has 0 aliphatic carbocycles. The lowest BCUT2D eigenvalue weighted by Crippen LogP contribution is -2.61. The Hall–Kier alpha value is -5.01. The van der Waals surface area contributed by atoms with E-state index in [1.807, 2.05) is 70.5 Å². The van der Waals surface area contributed by atoms with Crippen molar-refractivity contribution in [3.05, 3.63) is 60.7 Å². The number of hydrogen-bond donors (Lipinski definition) is 5. The van der Waals surface area contributed by atoms with E-state index in [0.29, 0.717) is 52.1 Å². The van der Waals surface area contributed by atoms with Crippen LogP contribution in [-0.4, -0.2) is 108 Å². The van der Waals surface area contributed by atoms with Crippen LogP contribution in [0.2, 0.25) is 0 Å². The lowest BCUT2D eigenvalue weighted by atomic mass is 9.85. The van der Waals surface area contributed by atoms with Gasteiger partial charge < -0.3 is 46.0 Å². The summed E-state index contributed by atoms with van der Waals surface area (Å²) in [4.78, 5) is 71.1. The Kier molecular flexibility index (Phi) is 8.12. The second kappa shape index (κ2) is 12.2. The van der Waals surface area contributed by atoms with Gasteiger partial charge >= 0.3 is 18.0 Å². The number of hydrogen-bond acceptors (Lipinski definition) is 7. The number of urea groups is 2. The molecule has 2 aromatic rings. The molecule has 4 aliphatic rings. The first kappa shape index (κ1) is 30.0. The molecule has 0 aromatic heterocycles. The van der Waals surface area contributed by atoms with Gasteiger partial charge in [0.15, 0.2) is 0 Å². The summed E-state index contributed by atoms with van der Waals surface area (Å²) in [6, 6.07) is 16.9. The summed E-state index contributed by atoms with van der Waals surface area (Å²) in [6.45, 7) is 1.64. The van der Waals surface area contributed by atoms with Crippen molar-refractivity contribution in [2.75, 3.05) is 55.9 Å². The van der Waals surface area contributed by atoms with Crippen molar-refractivity contribution >= 4 is 41.2 Å². The van der Waals surface area contributed by atoms with Crippen molar-refractivity contribution in [1.82, 2.24) is 31.1 Å². The van der Waals surface area contributed by atoms with Crippen LogP contribution in [0.4, 0.5) is 21.0 Å². The molecular weight excluding hydrogens is 580 g/mol. The van der Waals surface area contributed by atoms with E-state index in [9.17, 15) is 29.1 Å². The maximum absolute atomic E-state index is 13.1. The Bertz CT molecular complexity index is 1440. The van der Waals surface area contributed by atoms with Crippen LogP contribution in [0.1, 0.15) is 25.7 Å². The van der Waals surface area contributed by atoms with Crippen LogP contribution in [0.15, 0.2) is 60.7 Å². The highest BCUT2D eigenvalue weighted by atomic mass is 16.4. The lowest BCUT2D eigenvalue weighted by Gasteiger charge is -2.43. The maximum Gasteiger partial charge on any atom is 0.328 e. The molecule has 4 saturated heterocycles. The summed E-state index contributed by atoms with van der Waals surface area (Å²) in [5, 5.41) is 20.8. The number of carboxylic acid groups (broad SMARTS) is 1. The van der Waals surface area contributed by atoms with Gasteiger partial charge in [-0.05, 0) is 49.9 Å². The third-order valence-corrected chi connectivity index (χ3v) is 9.62. The third kappa shape index (κ3) is 5.56. The van der Waals surface area contributed by atoms with Crippen molar-refractivity contribution in [2.24, 2.45) is 0 Å². The number of amides is 6. The number of para-hydroxylation sites is 2. The molecule has 0 bridgehead atoms. The average Bonchev–Trinajstić information content (AvgIpc) is 3.55. The zero-order valence-corrected chi connectivity index (χ0v) is 24.9. The van der Waals surface area contributed by atoms with Gasteiger partial charge in [-0.25, -0.2) is 14.4 Å². The summed E-state index contributed by atoms with van der Waals surface area (Å²) in [5.41, 5.74) is 0.319. The molecule has 6 amide bonds. The monoisotopic (exact) mass is 618 g/mol. The lowest BCUT2D eigenvalue weighted by molar-refractivity contribution is -0.139. The van der Waals surface area contributed by atoms with Crippen LogP contribution in [0.3, 0.4) is 0 Å². The molecule has 14 nitrogen and oxygen atoms in total. The van der Waals surface area contributed by atoms with Crippen LogP contribution >= 0.6 is 0 Å². The van der Waals surface area contributed by atoms with Crippen molar-refractivity contribution in [2.45, 2.75) is 42.8 Å². The molecule has 4 heterocycles. The summed E-state index contributed by atoms with van der Waals surface area (Å²) in [6.07, 6.45) is 1.64. The predicted octanol–water partition coefficient (Wildman–Crippen LogP) is 0.716. The molecule has 2 spiro atoms. The second-order valence-corrected chi connectivity index (χ2v) is 11.9. The molecule has 1 atom stereocenters. The van der Waals surface area contributed by atoms with Gasteiger partial charge in [-0.3, -0.25) is 9.59 Å². The molecule has 2 aromatic carbocycles. The number of likely N-dealkylation sites (tertiary alicyclic amines) is 2. The van der Waals surface area contributed by atoms with Crippen molar-refractivity contribution < 1.29 is 29.1 Å². The van der Waals surface area contributed by atoms with E-state index >= 15 is 0 Å². The largest absolute Gasteiger partial charge is 0.480 e. The number of carboxylic acids is 1. The fourth-order valence-electron chi connectivity index (χ4n) is 6.97. The highest BCUT2D eigenvalue weighted by molar-refractivity contribution is 5.94. The highest BCUT2D eigenvalue weighted by Gasteiger charge is 2.52. The molecule has 0 radical (unpaired) electrons. The van der Waals surface area contributed by atoms with E-state index in [1.54, 1.807) is 4.90 Å². The van der Waals surface area contributed by atoms with E-state index in [4.69, 9.17) is 0 Å². The molecule has 6 rings (SSSR count). The van der Waals surface area contributed by atoms with E-state index < -0.39 is 35.2 Å². The molecule has 45 heavy (non-hydrogen) atoms. The fraction of sp³-hybridized carbons (Fsp3) is 0.452. The Balaban J connectivity index is 1.01. The summed E-state index contributed by atoms with van der Waals surface area (Å²) in [7, 11) is 0. The van der Waals surface area contributed by atoms with Gasteiger partial charge in [0.2, 0.25) is 11.8 Å². The Morgan fingerprint density at radius 1 is 0.711 bits per heavy atom. The number of benzene rings is 2. The summed E-state index contributed by atoms with van der Waals surface area (Å²) < 4.78 is 0. The maximum atomic E-state index is 13.1. The van der Waals surface area contributed by atoms with Gasteiger partial charge in [0.05, 0.1) is 19.9 Å². The molecule has 14 heteroatoms. The van der Waals surface area contributed by atoms with E-state index in [0.717, 1.165) is 11.4 Å². The molecule has 4 aliphatic heterocycles. The van der Waals surface area contributed by atoms with Gasteiger partial charge in [-0.1, -0.05) is 36.4 Å². The summed E-state index contributed by atoms with van der Waals surface area (Å²) in [5.74, 6) is -1.42. The number of rotatable bonds is 6. The standard InChI is InChI=1S/C31H38N8O6/c40-25(41)24(35-29(45)37-17-13-31(14-18-37)27(43)34-21-39(31)23-9-5-2-6-10-23)19-32-28(44)36-15-11-30(12-16-36)26(42)33-20-38(30)22-7-3-1-4-8-22/h1-10,24H,11-21H2,(H,32,44)(H,33,42)(H,34,43)(H,35,45)(H,40,41). The number of piperidine rings is 2. The minimum Gasteiger partial charge on any atom is -0.480 e. The Morgan fingerprint density at radius 2 is 1.13 bits per heavy atom. The van der Waals surface area contributed by atoms with Crippen LogP contribution in [-0.2, 0) is 14.4 Å². The van der Waals surface area contributed by atoms with Crippen LogP contribution < -0.4 is 31.1 Å². The molecule has 5 N–H and O–H groups in total. The number of nitrogens with zero attached hydrogens (tertiary/aromatic N) is 4. The van der Waals surface area contributed by atoms with Gasteiger partial charge in [0, 0.05) is 37.6 Å². The van der Waals surface area contributed by atoms with Crippen LogP contribution in [0, 0.1) is 0 Å². The van der Waals surface area contributed by atoms with Crippen LogP contribution in [0.25, 0.3) is 0 Å². The molecule has 4 fully saturated rings. The number of carbonyl (C=O) groups excluding carboxylic acids is 4. The number of anilines is 2. The zero-order valence-electron chi connectivity index (χ0n) is 24.9. The topological polar surface area (TPSA) is 167 Å². The first-order valence-corrected chi connectivity index (χ1v) is 15.3. The molecule has 1 unspecified atom stereocenters. The predicted molar refractivity (Wildman–Crippen MR) is 164 cm³/mol. The second-order valence-electron chi connectivity index (χ2n) is 11.9. The minimum absolute atomic E-state index is 0.0648. The van der Waals surface area contributed by atoms with Crippen molar-refractivity contribution in [3.8, 4) is 0 Å².